The van der Waals surface area contributed by atoms with Crippen molar-refractivity contribution in [1.29, 1.82) is 0 Å². The average Bonchev–Trinajstić information content (AvgIpc) is 3.23. The second-order valence-electron chi connectivity index (χ2n) is 5.96. The first kappa shape index (κ1) is 15.7. The number of ether oxygens (including phenoxy) is 2. The Kier molecular flexibility index (Phi) is 4.67. The number of urea groups is 1. The Morgan fingerprint density at radius 1 is 1.50 bits per heavy atom. The lowest BCUT2D eigenvalue weighted by Crippen LogP contribution is -2.44. The minimum Gasteiger partial charge on any atom is -0.346 e. The summed E-state index contributed by atoms with van der Waals surface area (Å²) < 4.78 is 11.3. The van der Waals surface area contributed by atoms with Gasteiger partial charge in [-0.15, -0.1) is 11.3 Å². The van der Waals surface area contributed by atoms with E-state index < -0.39 is 5.79 Å². The van der Waals surface area contributed by atoms with E-state index in [2.05, 4.69) is 21.7 Å². The predicted molar refractivity (Wildman–Crippen MR) is 85.0 cm³/mol. The van der Waals surface area contributed by atoms with Crippen LogP contribution in [0.3, 0.4) is 0 Å². The van der Waals surface area contributed by atoms with E-state index in [0.717, 1.165) is 6.42 Å². The SMILES string of the molecule is CN(C)[C@@H](CNC(=O)N1CCC2(C1)OCCO2)c1cccs1. The lowest BCUT2D eigenvalue weighted by molar-refractivity contribution is -0.143. The highest BCUT2D eigenvalue weighted by Gasteiger charge is 2.44. The Hall–Kier alpha value is -1.15. The van der Waals surface area contributed by atoms with Crippen LogP contribution >= 0.6 is 11.3 Å². The van der Waals surface area contributed by atoms with Gasteiger partial charge in [-0.05, 0) is 25.5 Å². The third-order valence-electron chi connectivity index (χ3n) is 4.24. The molecule has 0 aromatic carbocycles. The molecule has 0 unspecified atom stereocenters. The minimum absolute atomic E-state index is 0.0422. The molecule has 6 nitrogen and oxygen atoms in total. The molecule has 2 fully saturated rings. The van der Waals surface area contributed by atoms with Gasteiger partial charge >= 0.3 is 6.03 Å². The smallest absolute Gasteiger partial charge is 0.317 e. The minimum atomic E-state index is -0.550. The molecule has 0 bridgehead atoms. The molecule has 3 heterocycles. The van der Waals surface area contributed by atoms with Crippen LogP contribution in [0.25, 0.3) is 0 Å². The van der Waals surface area contributed by atoms with E-state index in [1.54, 1.807) is 16.2 Å². The zero-order valence-corrected chi connectivity index (χ0v) is 13.9. The van der Waals surface area contributed by atoms with Crippen LogP contribution in [0.1, 0.15) is 17.3 Å². The van der Waals surface area contributed by atoms with Crippen molar-refractivity contribution >= 4 is 17.4 Å². The maximum atomic E-state index is 12.4. The first-order chi connectivity index (χ1) is 10.6. The number of carbonyl (C=O) groups excluding carboxylic acids is 1. The Labute approximate surface area is 135 Å². The molecule has 0 aliphatic carbocycles. The Bertz CT molecular complexity index is 500. The van der Waals surface area contributed by atoms with Crippen molar-refractivity contribution in [3.63, 3.8) is 0 Å². The third-order valence-corrected chi connectivity index (χ3v) is 5.21. The maximum absolute atomic E-state index is 12.4. The van der Waals surface area contributed by atoms with Gasteiger partial charge in [-0.2, -0.15) is 0 Å². The lowest BCUT2D eigenvalue weighted by Gasteiger charge is -2.26. The summed E-state index contributed by atoms with van der Waals surface area (Å²) in [4.78, 5) is 17.5. The molecule has 0 radical (unpaired) electrons. The summed E-state index contributed by atoms with van der Waals surface area (Å²) in [6.07, 6.45) is 0.752. The second-order valence-corrected chi connectivity index (χ2v) is 6.94. The van der Waals surface area contributed by atoms with E-state index in [-0.39, 0.29) is 12.1 Å². The Morgan fingerprint density at radius 2 is 2.27 bits per heavy atom. The fraction of sp³-hybridized carbons (Fsp3) is 0.667. The van der Waals surface area contributed by atoms with Crippen molar-refractivity contribution in [3.05, 3.63) is 22.4 Å². The summed E-state index contributed by atoms with van der Waals surface area (Å²) in [5, 5.41) is 5.10. The number of likely N-dealkylation sites (N-methyl/N-ethyl adjacent to an activating group) is 1. The highest BCUT2D eigenvalue weighted by molar-refractivity contribution is 7.10. The number of nitrogens with zero attached hydrogens (tertiary/aromatic N) is 2. The van der Waals surface area contributed by atoms with Crippen LogP contribution in [0, 0.1) is 0 Å². The molecular weight excluding hydrogens is 302 g/mol. The molecule has 1 aromatic rings. The summed E-state index contributed by atoms with van der Waals surface area (Å²) in [5.74, 6) is -0.550. The summed E-state index contributed by atoms with van der Waals surface area (Å²) >= 11 is 1.71. The van der Waals surface area contributed by atoms with Gasteiger partial charge in [-0.25, -0.2) is 4.79 Å². The zero-order chi connectivity index (χ0) is 15.6. The Morgan fingerprint density at radius 3 is 2.91 bits per heavy atom. The van der Waals surface area contributed by atoms with Crippen molar-refractivity contribution in [1.82, 2.24) is 15.1 Å². The molecule has 1 atom stereocenters. The maximum Gasteiger partial charge on any atom is 0.317 e. The van der Waals surface area contributed by atoms with Gasteiger partial charge in [-0.3, -0.25) is 0 Å². The highest BCUT2D eigenvalue weighted by Crippen LogP contribution is 2.30. The number of likely N-dealkylation sites (tertiary alicyclic amines) is 1. The fourth-order valence-corrected chi connectivity index (χ4v) is 3.90. The van der Waals surface area contributed by atoms with Gasteiger partial charge in [0.1, 0.15) is 0 Å². The number of amides is 2. The van der Waals surface area contributed by atoms with Crippen LogP contribution in [0.5, 0.6) is 0 Å². The molecule has 122 valence electrons. The van der Waals surface area contributed by atoms with E-state index in [0.29, 0.717) is 32.8 Å². The number of thiophene rings is 1. The summed E-state index contributed by atoms with van der Waals surface area (Å²) in [7, 11) is 4.06. The van der Waals surface area contributed by atoms with Crippen molar-refractivity contribution in [2.24, 2.45) is 0 Å². The summed E-state index contributed by atoms with van der Waals surface area (Å²) in [6, 6.07) is 4.29. The van der Waals surface area contributed by atoms with Gasteiger partial charge in [0, 0.05) is 24.4 Å². The quantitative estimate of drug-likeness (QED) is 0.912. The summed E-state index contributed by atoms with van der Waals surface area (Å²) in [5.41, 5.74) is 0. The predicted octanol–water partition coefficient (Wildman–Crippen LogP) is 1.51. The van der Waals surface area contributed by atoms with Crippen molar-refractivity contribution < 1.29 is 14.3 Å². The van der Waals surface area contributed by atoms with Gasteiger partial charge in [-0.1, -0.05) is 6.07 Å². The van der Waals surface area contributed by atoms with Crippen molar-refractivity contribution in [2.75, 3.05) is 46.9 Å². The van der Waals surface area contributed by atoms with E-state index >= 15 is 0 Å². The van der Waals surface area contributed by atoms with Crippen molar-refractivity contribution in [2.45, 2.75) is 18.2 Å². The fourth-order valence-electron chi connectivity index (χ4n) is 2.97. The van der Waals surface area contributed by atoms with Crippen LogP contribution < -0.4 is 5.32 Å². The molecule has 2 aliphatic heterocycles. The van der Waals surface area contributed by atoms with E-state index in [1.807, 2.05) is 20.2 Å². The number of nitrogens with one attached hydrogen (secondary N) is 1. The largest absolute Gasteiger partial charge is 0.346 e. The van der Waals surface area contributed by atoms with Crippen LogP contribution in [0.15, 0.2) is 17.5 Å². The molecule has 2 saturated heterocycles. The molecule has 3 rings (SSSR count). The summed E-state index contributed by atoms with van der Waals surface area (Å²) in [6.45, 7) is 3.03. The molecule has 7 heteroatoms. The average molecular weight is 325 g/mol. The molecule has 1 N–H and O–H groups in total. The highest BCUT2D eigenvalue weighted by atomic mass is 32.1. The van der Waals surface area contributed by atoms with Gasteiger partial charge in [0.2, 0.25) is 0 Å². The number of hydrogen-bond acceptors (Lipinski definition) is 5. The normalized spacial score (nSPS) is 21.7. The van der Waals surface area contributed by atoms with Crippen LogP contribution in [0.2, 0.25) is 0 Å². The lowest BCUT2D eigenvalue weighted by atomic mass is 10.2. The standard InChI is InChI=1S/C15H23N3O3S/c1-17(2)12(13-4-3-9-22-13)10-16-14(19)18-6-5-15(11-18)20-7-8-21-15/h3-4,9,12H,5-8,10-11H2,1-2H3,(H,16,19)/t12-/m0/s1. The van der Waals surface area contributed by atoms with Crippen LogP contribution in [-0.4, -0.2) is 68.6 Å². The monoisotopic (exact) mass is 325 g/mol. The third kappa shape index (κ3) is 3.27. The van der Waals surface area contributed by atoms with Gasteiger partial charge in [0.05, 0.1) is 25.8 Å². The molecule has 2 aliphatic rings. The van der Waals surface area contributed by atoms with Gasteiger partial charge in [0.25, 0.3) is 0 Å². The van der Waals surface area contributed by atoms with E-state index in [4.69, 9.17) is 9.47 Å². The topological polar surface area (TPSA) is 54.0 Å². The van der Waals surface area contributed by atoms with Crippen molar-refractivity contribution in [3.8, 4) is 0 Å². The van der Waals surface area contributed by atoms with E-state index in [9.17, 15) is 4.79 Å². The second kappa shape index (κ2) is 6.54. The Balaban J connectivity index is 1.53. The molecule has 1 aromatic heterocycles. The van der Waals surface area contributed by atoms with Gasteiger partial charge < -0.3 is 24.6 Å². The molecule has 1 spiro atoms. The first-order valence-electron chi connectivity index (χ1n) is 7.60. The zero-order valence-electron chi connectivity index (χ0n) is 13.1. The number of rotatable bonds is 4. The van der Waals surface area contributed by atoms with E-state index in [1.165, 1.54) is 4.88 Å². The molecule has 2 amide bonds. The van der Waals surface area contributed by atoms with Gasteiger partial charge in [0.15, 0.2) is 5.79 Å². The number of hydrogen-bond donors (Lipinski definition) is 1. The molecular formula is C15H23N3O3S. The van der Waals surface area contributed by atoms with Crippen LogP contribution in [0.4, 0.5) is 4.79 Å². The molecule has 22 heavy (non-hydrogen) atoms. The first-order valence-corrected chi connectivity index (χ1v) is 8.48. The number of carbonyl (C=O) groups is 1. The molecule has 0 saturated carbocycles. The van der Waals surface area contributed by atoms with Crippen LogP contribution in [-0.2, 0) is 9.47 Å².